The molecule has 1 aliphatic carbocycles. The van der Waals surface area contributed by atoms with Crippen molar-refractivity contribution in [1.29, 1.82) is 0 Å². The van der Waals surface area contributed by atoms with E-state index in [9.17, 15) is 21.4 Å². The number of nitrogens with one attached hydrogen (secondary N) is 1. The number of hydrogen-bond acceptors (Lipinski definition) is 5. The standard InChI is InChI=1S/C21H23NO5S2/c1-15-8-4-7-11-19(15)28(23,24)22-18-10-6-5-9-17(18)16-12-13-21(2,3)20(14-16)29(25,26)27/h4-14,20,22H,1-3H3,(H,25,26,27)/p-1. The average Bonchev–Trinajstić information content (AvgIpc) is 2.61. The van der Waals surface area contributed by atoms with Crippen LogP contribution in [0.5, 0.6) is 0 Å². The van der Waals surface area contributed by atoms with Crippen LogP contribution >= 0.6 is 0 Å². The largest absolute Gasteiger partial charge is 0.747 e. The van der Waals surface area contributed by atoms with Crippen LogP contribution < -0.4 is 4.72 Å². The lowest BCUT2D eigenvalue weighted by Crippen LogP contribution is -2.35. The van der Waals surface area contributed by atoms with Gasteiger partial charge in [-0.1, -0.05) is 68.5 Å². The van der Waals surface area contributed by atoms with Gasteiger partial charge in [0.15, 0.2) is 0 Å². The van der Waals surface area contributed by atoms with E-state index in [4.69, 9.17) is 0 Å². The molecule has 2 aromatic carbocycles. The molecule has 0 spiro atoms. The van der Waals surface area contributed by atoms with Gasteiger partial charge in [0.25, 0.3) is 10.0 Å². The van der Waals surface area contributed by atoms with E-state index < -0.39 is 30.8 Å². The predicted octanol–water partition coefficient (Wildman–Crippen LogP) is 3.69. The first-order valence-electron chi connectivity index (χ1n) is 8.95. The Balaban J connectivity index is 2.06. The minimum absolute atomic E-state index is 0.157. The Labute approximate surface area is 171 Å². The molecule has 154 valence electrons. The van der Waals surface area contributed by atoms with E-state index in [2.05, 4.69) is 4.72 Å². The lowest BCUT2D eigenvalue weighted by atomic mass is 9.82. The number of sulfonamides is 1. The molecule has 1 atom stereocenters. The van der Waals surface area contributed by atoms with E-state index in [1.807, 2.05) is 0 Å². The Morgan fingerprint density at radius 2 is 1.59 bits per heavy atom. The van der Waals surface area contributed by atoms with E-state index in [-0.39, 0.29) is 4.90 Å². The average molecular weight is 433 g/mol. The summed E-state index contributed by atoms with van der Waals surface area (Å²) in [6.07, 6.45) is 4.76. The number of allylic oxidation sites excluding steroid dienone is 3. The minimum atomic E-state index is -4.59. The highest BCUT2D eigenvalue weighted by Gasteiger charge is 2.33. The number of anilines is 1. The van der Waals surface area contributed by atoms with Gasteiger partial charge >= 0.3 is 0 Å². The molecule has 29 heavy (non-hydrogen) atoms. The molecular weight excluding hydrogens is 410 g/mol. The Morgan fingerprint density at radius 3 is 2.24 bits per heavy atom. The molecule has 1 aliphatic rings. The van der Waals surface area contributed by atoms with Gasteiger partial charge in [-0.05, 0) is 30.2 Å². The molecule has 0 fully saturated rings. The van der Waals surface area contributed by atoms with E-state index in [1.165, 1.54) is 12.1 Å². The summed E-state index contributed by atoms with van der Waals surface area (Å²) in [6, 6.07) is 13.3. The molecule has 6 nitrogen and oxygen atoms in total. The second kappa shape index (κ2) is 7.44. The molecule has 1 N–H and O–H groups in total. The zero-order valence-corrected chi connectivity index (χ0v) is 17.9. The van der Waals surface area contributed by atoms with Gasteiger partial charge in [-0.3, -0.25) is 4.72 Å². The highest BCUT2D eigenvalue weighted by molar-refractivity contribution is 7.92. The number of hydrogen-bond donors (Lipinski definition) is 1. The van der Waals surface area contributed by atoms with Crippen molar-refractivity contribution in [2.24, 2.45) is 5.41 Å². The van der Waals surface area contributed by atoms with Gasteiger partial charge in [-0.15, -0.1) is 0 Å². The first kappa shape index (κ1) is 21.3. The van der Waals surface area contributed by atoms with Crippen molar-refractivity contribution < 1.29 is 21.4 Å². The topological polar surface area (TPSA) is 103 Å². The number of rotatable bonds is 5. The van der Waals surface area contributed by atoms with Crippen LogP contribution in [-0.4, -0.2) is 26.6 Å². The fraction of sp³-hybridized carbons (Fsp3) is 0.238. The first-order chi connectivity index (χ1) is 13.4. The van der Waals surface area contributed by atoms with Gasteiger partial charge in [0.05, 0.1) is 15.8 Å². The summed E-state index contributed by atoms with van der Waals surface area (Å²) in [5, 5.41) is -1.25. The summed E-state index contributed by atoms with van der Waals surface area (Å²) in [5.74, 6) is 0. The first-order valence-corrected chi connectivity index (χ1v) is 11.9. The molecule has 3 rings (SSSR count). The molecule has 0 saturated carbocycles. The Hall–Kier alpha value is -2.42. The molecule has 2 aromatic rings. The molecule has 0 bridgehead atoms. The summed E-state index contributed by atoms with van der Waals surface area (Å²) < 4.78 is 63.7. The van der Waals surface area contributed by atoms with Gasteiger partial charge in [-0.25, -0.2) is 16.8 Å². The summed E-state index contributed by atoms with van der Waals surface area (Å²) in [6.45, 7) is 5.05. The predicted molar refractivity (Wildman–Crippen MR) is 113 cm³/mol. The van der Waals surface area contributed by atoms with Crippen LogP contribution in [-0.2, 0) is 20.1 Å². The molecular formula is C21H22NO5S2-. The molecule has 0 aliphatic heterocycles. The van der Waals surface area contributed by atoms with Crippen molar-refractivity contribution in [3.05, 3.63) is 77.9 Å². The van der Waals surface area contributed by atoms with E-state index in [0.29, 0.717) is 22.4 Å². The maximum atomic E-state index is 12.9. The molecule has 0 amide bonds. The monoisotopic (exact) mass is 432 g/mol. The SMILES string of the molecule is Cc1ccccc1S(=O)(=O)Nc1ccccc1C1=CC(S(=O)(=O)[O-])C(C)(C)C=C1. The van der Waals surface area contributed by atoms with Gasteiger partial charge < -0.3 is 4.55 Å². The molecule has 8 heteroatoms. The number of para-hydroxylation sites is 1. The highest BCUT2D eigenvalue weighted by Crippen LogP contribution is 2.38. The van der Waals surface area contributed by atoms with Crippen LogP contribution in [0.3, 0.4) is 0 Å². The molecule has 0 radical (unpaired) electrons. The van der Waals surface area contributed by atoms with Crippen molar-refractivity contribution in [2.45, 2.75) is 30.9 Å². The lowest BCUT2D eigenvalue weighted by Gasteiger charge is -2.34. The van der Waals surface area contributed by atoms with Crippen LogP contribution in [0.1, 0.15) is 25.0 Å². The lowest BCUT2D eigenvalue weighted by molar-refractivity contribution is 0.405. The fourth-order valence-corrected chi connectivity index (χ4v) is 5.81. The Bertz CT molecular complexity index is 1210. The zero-order chi connectivity index (χ0) is 21.4. The van der Waals surface area contributed by atoms with Gasteiger partial charge in [0.1, 0.15) is 10.1 Å². The second-order valence-corrected chi connectivity index (χ2v) is 10.8. The fourth-order valence-electron chi connectivity index (χ4n) is 3.35. The van der Waals surface area contributed by atoms with Crippen molar-refractivity contribution in [1.82, 2.24) is 0 Å². The van der Waals surface area contributed by atoms with E-state index >= 15 is 0 Å². The van der Waals surface area contributed by atoms with Crippen LogP contribution in [0.25, 0.3) is 5.57 Å². The molecule has 0 aromatic heterocycles. The van der Waals surface area contributed by atoms with Crippen LogP contribution in [0, 0.1) is 12.3 Å². The number of aryl methyl sites for hydroxylation is 1. The van der Waals surface area contributed by atoms with Crippen molar-refractivity contribution in [3.63, 3.8) is 0 Å². The van der Waals surface area contributed by atoms with Gasteiger partial charge in [0, 0.05) is 11.0 Å². The third-order valence-electron chi connectivity index (χ3n) is 4.93. The normalized spacial score (nSPS) is 18.9. The van der Waals surface area contributed by atoms with Crippen LogP contribution in [0.2, 0.25) is 0 Å². The summed E-state index contributed by atoms with van der Waals surface area (Å²) >= 11 is 0. The maximum Gasteiger partial charge on any atom is 0.262 e. The summed E-state index contributed by atoms with van der Waals surface area (Å²) in [5.41, 5.74) is 1.00. The van der Waals surface area contributed by atoms with E-state index in [1.54, 1.807) is 75.4 Å². The zero-order valence-electron chi connectivity index (χ0n) is 16.3. The van der Waals surface area contributed by atoms with Crippen LogP contribution in [0.4, 0.5) is 5.69 Å². The summed E-state index contributed by atoms with van der Waals surface area (Å²) in [7, 11) is -8.44. The van der Waals surface area contributed by atoms with Gasteiger partial charge in [-0.2, -0.15) is 0 Å². The highest BCUT2D eigenvalue weighted by atomic mass is 32.2. The molecule has 0 saturated heterocycles. The van der Waals surface area contributed by atoms with Crippen molar-refractivity contribution in [2.75, 3.05) is 4.72 Å². The van der Waals surface area contributed by atoms with Gasteiger partial charge in [0.2, 0.25) is 0 Å². The van der Waals surface area contributed by atoms with Crippen molar-refractivity contribution in [3.8, 4) is 0 Å². The van der Waals surface area contributed by atoms with Crippen molar-refractivity contribution >= 4 is 31.4 Å². The third-order valence-corrected chi connectivity index (χ3v) is 7.82. The van der Waals surface area contributed by atoms with Crippen LogP contribution in [0.15, 0.2) is 71.7 Å². The number of benzene rings is 2. The Kier molecular flexibility index (Phi) is 5.46. The minimum Gasteiger partial charge on any atom is -0.747 e. The Morgan fingerprint density at radius 1 is 0.966 bits per heavy atom. The second-order valence-electron chi connectivity index (χ2n) is 7.61. The quantitative estimate of drug-likeness (QED) is 0.726. The third kappa shape index (κ3) is 4.44. The molecule has 1 unspecified atom stereocenters. The van der Waals surface area contributed by atoms with E-state index in [0.717, 1.165) is 0 Å². The smallest absolute Gasteiger partial charge is 0.262 e. The maximum absolute atomic E-state index is 12.9. The molecule has 0 heterocycles. The summed E-state index contributed by atoms with van der Waals surface area (Å²) in [4.78, 5) is 0.157.